The van der Waals surface area contributed by atoms with Crippen LogP contribution in [0.2, 0.25) is 0 Å². The molecule has 3 aromatic rings. The van der Waals surface area contributed by atoms with E-state index in [0.29, 0.717) is 11.4 Å². The van der Waals surface area contributed by atoms with Crippen LogP contribution < -0.4 is 10.6 Å². The molecule has 174 valence electrons. The number of nitrogens with zero attached hydrogens (tertiary/aromatic N) is 2. The molecule has 0 saturated carbocycles. The van der Waals surface area contributed by atoms with Crippen LogP contribution >= 0.6 is 11.8 Å². The zero-order chi connectivity index (χ0) is 24.2. The van der Waals surface area contributed by atoms with Gasteiger partial charge >= 0.3 is 6.18 Å². The number of alkyl halides is 3. The molecule has 1 heterocycles. The highest BCUT2D eigenvalue weighted by molar-refractivity contribution is 8.01. The van der Waals surface area contributed by atoms with Gasteiger partial charge in [0, 0.05) is 11.8 Å². The summed E-state index contributed by atoms with van der Waals surface area (Å²) in [6, 6.07) is 13.6. The molecule has 6 nitrogen and oxygen atoms in total. The van der Waals surface area contributed by atoms with Crippen LogP contribution in [-0.4, -0.2) is 32.6 Å². The molecule has 1 atom stereocenters. The van der Waals surface area contributed by atoms with Crippen molar-refractivity contribution in [1.82, 2.24) is 9.78 Å². The van der Waals surface area contributed by atoms with Gasteiger partial charge in [0.1, 0.15) is 5.82 Å². The number of halogens is 3. The topological polar surface area (TPSA) is 76.0 Å². The van der Waals surface area contributed by atoms with Gasteiger partial charge in [-0.05, 0) is 51.1 Å². The number of hydrogen-bond donors (Lipinski definition) is 2. The second kappa shape index (κ2) is 10.1. The van der Waals surface area contributed by atoms with Crippen LogP contribution in [0.4, 0.5) is 24.7 Å². The van der Waals surface area contributed by atoms with Crippen molar-refractivity contribution in [2.24, 2.45) is 0 Å². The molecule has 0 radical (unpaired) electrons. The molecule has 0 aliphatic carbocycles. The number of amides is 2. The fourth-order valence-corrected chi connectivity index (χ4v) is 3.62. The van der Waals surface area contributed by atoms with Gasteiger partial charge in [-0.2, -0.15) is 18.3 Å². The fourth-order valence-electron chi connectivity index (χ4n) is 2.94. The predicted molar refractivity (Wildman–Crippen MR) is 124 cm³/mol. The molecule has 1 aromatic heterocycles. The van der Waals surface area contributed by atoms with Gasteiger partial charge in [0.2, 0.25) is 11.8 Å². The number of hydrogen-bond acceptors (Lipinski definition) is 4. The number of aryl methyl sites for hydroxylation is 2. The Kier molecular flexibility index (Phi) is 7.47. The van der Waals surface area contributed by atoms with Gasteiger partial charge in [0.05, 0.1) is 27.9 Å². The number of aromatic nitrogens is 2. The van der Waals surface area contributed by atoms with Gasteiger partial charge in [0.15, 0.2) is 0 Å². The highest BCUT2D eigenvalue weighted by Crippen LogP contribution is 2.31. The molecule has 0 spiro atoms. The lowest BCUT2D eigenvalue weighted by Gasteiger charge is -2.14. The van der Waals surface area contributed by atoms with Gasteiger partial charge in [-0.3, -0.25) is 9.59 Å². The van der Waals surface area contributed by atoms with Crippen LogP contribution in [0.15, 0.2) is 54.6 Å². The van der Waals surface area contributed by atoms with Crippen LogP contribution in [0.1, 0.15) is 23.7 Å². The maximum atomic E-state index is 13.1. The first-order valence-corrected chi connectivity index (χ1v) is 11.1. The van der Waals surface area contributed by atoms with E-state index < -0.39 is 22.9 Å². The number of benzene rings is 2. The summed E-state index contributed by atoms with van der Waals surface area (Å²) in [7, 11) is 0. The average molecular weight is 477 g/mol. The van der Waals surface area contributed by atoms with Crippen LogP contribution in [0, 0.1) is 13.8 Å². The average Bonchev–Trinajstić information content (AvgIpc) is 3.13. The maximum Gasteiger partial charge on any atom is 0.416 e. The van der Waals surface area contributed by atoms with Gasteiger partial charge in [0.25, 0.3) is 0 Å². The zero-order valence-electron chi connectivity index (χ0n) is 18.2. The third kappa shape index (κ3) is 6.61. The van der Waals surface area contributed by atoms with E-state index in [1.807, 2.05) is 19.1 Å². The summed E-state index contributed by atoms with van der Waals surface area (Å²) in [4.78, 5) is 24.8. The number of carbonyl (C=O) groups is 2. The van der Waals surface area contributed by atoms with E-state index in [1.54, 1.807) is 32.0 Å². The zero-order valence-corrected chi connectivity index (χ0v) is 19.1. The molecule has 2 N–H and O–H groups in total. The molecule has 0 aliphatic heterocycles. The lowest BCUT2D eigenvalue weighted by molar-refractivity contribution is -0.137. The largest absolute Gasteiger partial charge is 0.416 e. The minimum absolute atomic E-state index is 0.0639. The Morgan fingerprint density at radius 1 is 1.06 bits per heavy atom. The van der Waals surface area contributed by atoms with E-state index in [-0.39, 0.29) is 23.2 Å². The van der Waals surface area contributed by atoms with Crippen molar-refractivity contribution in [1.29, 1.82) is 0 Å². The van der Waals surface area contributed by atoms with Crippen molar-refractivity contribution in [3.63, 3.8) is 0 Å². The van der Waals surface area contributed by atoms with Gasteiger partial charge in [-0.1, -0.05) is 23.8 Å². The Hall–Kier alpha value is -3.27. The van der Waals surface area contributed by atoms with Crippen LogP contribution in [0.3, 0.4) is 0 Å². The highest BCUT2D eigenvalue weighted by Gasteiger charge is 2.30. The SMILES string of the molecule is Cc1ccc(NC(=O)CSC(C)C(=O)Nc2cc(C)nn2-c2cccc(C(F)(F)F)c2)cc1. The number of rotatable bonds is 7. The Bertz CT molecular complexity index is 1140. The van der Waals surface area contributed by atoms with Gasteiger partial charge < -0.3 is 10.6 Å². The smallest absolute Gasteiger partial charge is 0.325 e. The molecule has 2 aromatic carbocycles. The number of nitrogens with one attached hydrogen (secondary N) is 2. The summed E-state index contributed by atoms with van der Waals surface area (Å²) < 4.78 is 40.5. The van der Waals surface area contributed by atoms with E-state index in [2.05, 4.69) is 15.7 Å². The molecule has 3 rings (SSSR count). The number of thioether (sulfide) groups is 1. The molecule has 2 amide bonds. The maximum absolute atomic E-state index is 13.1. The van der Waals surface area contributed by atoms with Crippen LogP contribution in [0.5, 0.6) is 0 Å². The van der Waals surface area contributed by atoms with Crippen LogP contribution in [-0.2, 0) is 15.8 Å². The molecule has 0 saturated heterocycles. The molecular formula is C23H23F3N4O2S. The number of anilines is 2. The summed E-state index contributed by atoms with van der Waals surface area (Å²) in [5.41, 5.74) is 1.64. The first-order valence-electron chi connectivity index (χ1n) is 10.1. The fraction of sp³-hybridized carbons (Fsp3) is 0.261. The van der Waals surface area contributed by atoms with Crippen molar-refractivity contribution in [2.75, 3.05) is 16.4 Å². The van der Waals surface area contributed by atoms with Gasteiger partial charge in [-0.15, -0.1) is 11.8 Å². The van der Waals surface area contributed by atoms with Crippen molar-refractivity contribution in [3.05, 3.63) is 71.4 Å². The monoisotopic (exact) mass is 476 g/mol. The van der Waals surface area contributed by atoms with E-state index >= 15 is 0 Å². The lowest BCUT2D eigenvalue weighted by Crippen LogP contribution is -2.26. The predicted octanol–water partition coefficient (Wildman–Crippen LogP) is 5.21. The third-order valence-corrected chi connectivity index (χ3v) is 5.81. The summed E-state index contributed by atoms with van der Waals surface area (Å²) in [5.74, 6) is -0.327. The third-order valence-electron chi connectivity index (χ3n) is 4.67. The summed E-state index contributed by atoms with van der Waals surface area (Å²) >= 11 is 1.15. The quantitative estimate of drug-likeness (QED) is 0.491. The molecule has 0 aliphatic rings. The summed E-state index contributed by atoms with van der Waals surface area (Å²) in [6.45, 7) is 5.27. The standard InChI is InChI=1S/C23H23F3N4O2S/c1-14-7-9-18(10-8-14)27-21(31)13-33-16(3)22(32)28-20-11-15(2)29-30(20)19-6-4-5-17(12-19)23(24,25)26/h4-12,16H,13H2,1-3H3,(H,27,31)(H,28,32). The molecule has 33 heavy (non-hydrogen) atoms. The second-order valence-electron chi connectivity index (χ2n) is 7.49. The highest BCUT2D eigenvalue weighted by atomic mass is 32.2. The summed E-state index contributed by atoms with van der Waals surface area (Å²) in [6.07, 6.45) is -4.49. The van der Waals surface area contributed by atoms with Crippen molar-refractivity contribution in [3.8, 4) is 5.69 Å². The second-order valence-corrected chi connectivity index (χ2v) is 8.82. The molecule has 0 fully saturated rings. The van der Waals surface area contributed by atoms with E-state index in [9.17, 15) is 22.8 Å². The molecule has 1 unspecified atom stereocenters. The van der Waals surface area contributed by atoms with Crippen molar-refractivity contribution >= 4 is 35.1 Å². The Labute approximate surface area is 193 Å². The first-order chi connectivity index (χ1) is 15.5. The Balaban J connectivity index is 1.63. The van der Waals surface area contributed by atoms with Crippen LogP contribution in [0.25, 0.3) is 5.69 Å². The molecular weight excluding hydrogens is 453 g/mol. The van der Waals surface area contributed by atoms with E-state index in [4.69, 9.17) is 0 Å². The number of carbonyl (C=O) groups excluding carboxylic acids is 2. The van der Waals surface area contributed by atoms with E-state index in [1.165, 1.54) is 16.8 Å². The lowest BCUT2D eigenvalue weighted by atomic mass is 10.2. The van der Waals surface area contributed by atoms with E-state index in [0.717, 1.165) is 29.5 Å². The Morgan fingerprint density at radius 3 is 2.42 bits per heavy atom. The van der Waals surface area contributed by atoms with Crippen molar-refractivity contribution in [2.45, 2.75) is 32.2 Å². The summed E-state index contributed by atoms with van der Waals surface area (Å²) in [5, 5.41) is 9.09. The first kappa shape index (κ1) is 24.4. The molecule has 10 heteroatoms. The molecule has 0 bridgehead atoms. The minimum atomic E-state index is -4.49. The minimum Gasteiger partial charge on any atom is -0.325 e. The van der Waals surface area contributed by atoms with Gasteiger partial charge in [-0.25, -0.2) is 4.68 Å². The Morgan fingerprint density at radius 2 is 1.76 bits per heavy atom. The normalized spacial score (nSPS) is 12.3. The van der Waals surface area contributed by atoms with Crippen molar-refractivity contribution < 1.29 is 22.8 Å².